The number of hydrogen-bond acceptors (Lipinski definition) is 5. The van der Waals surface area contributed by atoms with Crippen molar-refractivity contribution in [2.24, 2.45) is 0 Å². The van der Waals surface area contributed by atoms with E-state index in [-0.39, 0.29) is 17.1 Å². The number of halogens is 1. The van der Waals surface area contributed by atoms with Gasteiger partial charge in [0.25, 0.3) is 5.91 Å². The van der Waals surface area contributed by atoms with Crippen LogP contribution in [0.5, 0.6) is 5.75 Å². The number of likely N-dealkylation sites (N-methyl/N-ethyl adjacent to an activating group) is 1. The predicted molar refractivity (Wildman–Crippen MR) is 142 cm³/mol. The van der Waals surface area contributed by atoms with Gasteiger partial charge in [0.05, 0.1) is 23.6 Å². The molecule has 3 aromatic rings. The number of hydrogen-bond donors (Lipinski definition) is 0. The molecule has 0 spiro atoms. The van der Waals surface area contributed by atoms with Crippen LogP contribution in [-0.4, -0.2) is 48.5 Å². The van der Waals surface area contributed by atoms with Crippen LogP contribution in [0.4, 0.5) is 0 Å². The predicted octanol–water partition coefficient (Wildman–Crippen LogP) is 6.01. The Hall–Kier alpha value is -2.64. The van der Waals surface area contributed by atoms with Crippen LogP contribution in [0.15, 0.2) is 56.1 Å². The maximum absolute atomic E-state index is 13.7. The summed E-state index contributed by atoms with van der Waals surface area (Å²) in [6.07, 6.45) is 3.31. The fraction of sp³-hybridized carbons (Fsp3) is 0.429. The maximum atomic E-state index is 13.7. The van der Waals surface area contributed by atoms with Gasteiger partial charge in [0, 0.05) is 17.6 Å². The molecule has 35 heavy (non-hydrogen) atoms. The summed E-state index contributed by atoms with van der Waals surface area (Å²) in [5.74, 6) is 0.701. The van der Waals surface area contributed by atoms with Gasteiger partial charge in [0.2, 0.25) is 5.76 Å². The number of nitrogens with zero attached hydrogens (tertiary/aromatic N) is 2. The van der Waals surface area contributed by atoms with Crippen molar-refractivity contribution in [3.05, 3.63) is 74.0 Å². The van der Waals surface area contributed by atoms with Gasteiger partial charge in [-0.2, -0.15) is 0 Å². The van der Waals surface area contributed by atoms with E-state index in [2.05, 4.69) is 41.6 Å². The number of ether oxygens (including phenoxy) is 1. The highest BCUT2D eigenvalue weighted by Crippen LogP contribution is 2.38. The van der Waals surface area contributed by atoms with Gasteiger partial charge in [-0.15, -0.1) is 0 Å². The lowest BCUT2D eigenvalue weighted by Gasteiger charge is -2.28. The van der Waals surface area contributed by atoms with Crippen LogP contribution in [0.1, 0.15) is 67.8 Å². The van der Waals surface area contributed by atoms with Crippen molar-refractivity contribution in [3.8, 4) is 5.75 Å². The quantitative estimate of drug-likeness (QED) is 0.278. The first kappa shape index (κ1) is 25.5. The molecule has 0 N–H and O–H groups in total. The first-order valence-electron chi connectivity index (χ1n) is 12.5. The van der Waals surface area contributed by atoms with Gasteiger partial charge in [0.1, 0.15) is 11.3 Å². The summed E-state index contributed by atoms with van der Waals surface area (Å²) in [6, 6.07) is 12.6. The van der Waals surface area contributed by atoms with Crippen molar-refractivity contribution >= 4 is 32.8 Å². The molecule has 0 radical (unpaired) electrons. The first-order valence-corrected chi connectivity index (χ1v) is 13.3. The number of amides is 1. The highest BCUT2D eigenvalue weighted by Gasteiger charge is 2.42. The monoisotopic (exact) mass is 540 g/mol. The second-order valence-corrected chi connectivity index (χ2v) is 9.78. The molecule has 1 unspecified atom stereocenters. The van der Waals surface area contributed by atoms with Gasteiger partial charge in [-0.1, -0.05) is 61.7 Å². The largest absolute Gasteiger partial charge is 0.494 e. The summed E-state index contributed by atoms with van der Waals surface area (Å²) in [4.78, 5) is 31.3. The molecule has 0 aliphatic carbocycles. The van der Waals surface area contributed by atoms with E-state index in [4.69, 9.17) is 9.15 Å². The fourth-order valence-electron chi connectivity index (χ4n) is 4.65. The lowest BCUT2D eigenvalue weighted by molar-refractivity contribution is 0.0708. The lowest BCUT2D eigenvalue weighted by Crippen LogP contribution is -2.37. The maximum Gasteiger partial charge on any atom is 0.290 e. The van der Waals surface area contributed by atoms with E-state index >= 15 is 0 Å². The van der Waals surface area contributed by atoms with Crippen LogP contribution < -0.4 is 10.2 Å². The lowest BCUT2D eigenvalue weighted by atomic mass is 9.98. The van der Waals surface area contributed by atoms with Crippen LogP contribution >= 0.6 is 15.9 Å². The van der Waals surface area contributed by atoms with Crippen LogP contribution in [0.25, 0.3) is 11.0 Å². The van der Waals surface area contributed by atoms with Gasteiger partial charge in [-0.25, -0.2) is 0 Å². The molecule has 1 aliphatic rings. The van der Waals surface area contributed by atoms with Gasteiger partial charge in [-0.05, 0) is 55.4 Å². The Morgan fingerprint density at radius 1 is 1.03 bits per heavy atom. The third-order valence-corrected chi connectivity index (χ3v) is 7.18. The molecular weight excluding hydrogens is 508 g/mol. The topological polar surface area (TPSA) is 63.0 Å². The number of rotatable bonds is 11. The van der Waals surface area contributed by atoms with E-state index in [0.717, 1.165) is 54.7 Å². The van der Waals surface area contributed by atoms with Crippen molar-refractivity contribution in [1.82, 2.24) is 9.80 Å². The molecular formula is C28H33BrN2O4. The normalized spacial score (nSPS) is 15.3. The van der Waals surface area contributed by atoms with Crippen molar-refractivity contribution in [2.75, 3.05) is 32.8 Å². The Morgan fingerprint density at radius 3 is 2.46 bits per heavy atom. The van der Waals surface area contributed by atoms with Crippen molar-refractivity contribution in [3.63, 3.8) is 0 Å². The second kappa shape index (κ2) is 11.4. The van der Waals surface area contributed by atoms with E-state index in [9.17, 15) is 9.59 Å². The average molecular weight is 541 g/mol. The average Bonchev–Trinajstić information content (AvgIpc) is 3.15. The van der Waals surface area contributed by atoms with E-state index < -0.39 is 6.04 Å². The highest BCUT2D eigenvalue weighted by atomic mass is 79.9. The smallest absolute Gasteiger partial charge is 0.290 e. The Bertz CT molecular complexity index is 1230. The third kappa shape index (κ3) is 5.31. The highest BCUT2D eigenvalue weighted by molar-refractivity contribution is 9.10. The van der Waals surface area contributed by atoms with Gasteiger partial charge in [-0.3, -0.25) is 9.59 Å². The first-order chi connectivity index (χ1) is 17.0. The molecule has 0 bridgehead atoms. The molecule has 1 aliphatic heterocycles. The van der Waals surface area contributed by atoms with Gasteiger partial charge in [0.15, 0.2) is 5.43 Å². The van der Waals surface area contributed by atoms with Gasteiger partial charge < -0.3 is 19.0 Å². The summed E-state index contributed by atoms with van der Waals surface area (Å²) in [6.45, 7) is 10.1. The molecule has 1 amide bonds. The summed E-state index contributed by atoms with van der Waals surface area (Å²) < 4.78 is 12.7. The second-order valence-electron chi connectivity index (χ2n) is 8.87. The van der Waals surface area contributed by atoms with E-state index in [1.165, 1.54) is 0 Å². The minimum atomic E-state index is -0.498. The summed E-state index contributed by atoms with van der Waals surface area (Å²) in [5, 5.41) is 0.470. The third-order valence-electron chi connectivity index (χ3n) is 6.69. The summed E-state index contributed by atoms with van der Waals surface area (Å²) >= 11 is 3.45. The molecule has 2 aromatic carbocycles. The molecule has 0 fully saturated rings. The number of fused-ring (bicyclic) bond motifs is 2. The van der Waals surface area contributed by atoms with E-state index in [1.54, 1.807) is 17.0 Å². The molecule has 0 saturated heterocycles. The molecule has 4 rings (SSSR count). The molecule has 0 saturated carbocycles. The number of benzene rings is 2. The van der Waals surface area contributed by atoms with Crippen LogP contribution in [0.2, 0.25) is 0 Å². The summed E-state index contributed by atoms with van der Waals surface area (Å²) in [5.41, 5.74) is 1.55. The summed E-state index contributed by atoms with van der Waals surface area (Å²) in [7, 11) is 0. The zero-order valence-electron chi connectivity index (χ0n) is 20.7. The minimum Gasteiger partial charge on any atom is -0.494 e. The number of carbonyl (C=O) groups is 1. The molecule has 6 nitrogen and oxygen atoms in total. The zero-order chi connectivity index (χ0) is 24.9. The van der Waals surface area contributed by atoms with Crippen molar-refractivity contribution in [2.45, 2.75) is 46.1 Å². The minimum absolute atomic E-state index is 0.147. The Balaban J connectivity index is 1.73. The van der Waals surface area contributed by atoms with E-state index in [1.807, 2.05) is 30.3 Å². The van der Waals surface area contributed by atoms with Crippen LogP contribution in [0.3, 0.4) is 0 Å². The zero-order valence-corrected chi connectivity index (χ0v) is 22.3. The Morgan fingerprint density at radius 2 is 1.77 bits per heavy atom. The van der Waals surface area contributed by atoms with Crippen LogP contribution in [-0.2, 0) is 0 Å². The van der Waals surface area contributed by atoms with Crippen molar-refractivity contribution < 1.29 is 13.9 Å². The molecule has 1 atom stereocenters. The van der Waals surface area contributed by atoms with Crippen LogP contribution in [0, 0.1) is 0 Å². The van der Waals surface area contributed by atoms with E-state index in [0.29, 0.717) is 29.7 Å². The molecule has 186 valence electrons. The Kier molecular flexibility index (Phi) is 8.29. The van der Waals surface area contributed by atoms with Crippen molar-refractivity contribution in [1.29, 1.82) is 0 Å². The molecule has 2 heterocycles. The van der Waals surface area contributed by atoms with Gasteiger partial charge >= 0.3 is 0 Å². The number of carbonyl (C=O) groups excluding carboxylic acids is 1. The Labute approximate surface area is 215 Å². The number of unbranched alkanes of at least 4 members (excludes halogenated alkanes) is 2. The standard InChI is InChI=1S/C28H33BrN2O4/c1-4-7-8-17-34-21-12-9-19(10-13-21)25-24-26(32)22-18-20(29)11-14-23(22)35-27(24)28(33)31(25)16-15-30(5-2)6-3/h9-14,18,25H,4-8,15-17H2,1-3H3. The fourth-order valence-corrected chi connectivity index (χ4v) is 5.01. The molecule has 1 aromatic heterocycles. The molecule has 7 heteroatoms. The SMILES string of the molecule is CCCCCOc1ccc(C2c3c(oc4ccc(Br)cc4c3=O)C(=O)N2CCN(CC)CC)cc1.